The van der Waals surface area contributed by atoms with E-state index in [2.05, 4.69) is 15.2 Å². The van der Waals surface area contributed by atoms with E-state index in [9.17, 15) is 35.9 Å². The molecule has 0 unspecified atom stereocenters. The monoisotopic (exact) mass is 577 g/mol. The van der Waals surface area contributed by atoms with Crippen molar-refractivity contribution in [2.75, 3.05) is 20.3 Å². The first-order chi connectivity index (χ1) is 18.8. The van der Waals surface area contributed by atoms with Crippen molar-refractivity contribution < 1.29 is 49.9 Å². The highest BCUT2D eigenvalue weighted by Gasteiger charge is 2.43. The predicted molar refractivity (Wildman–Crippen MR) is 128 cm³/mol. The van der Waals surface area contributed by atoms with Crippen LogP contribution in [-0.4, -0.2) is 66.6 Å². The van der Waals surface area contributed by atoms with Gasteiger partial charge >= 0.3 is 18.3 Å². The molecule has 2 fully saturated rings. The Hall–Kier alpha value is -3.13. The molecule has 8 nitrogen and oxygen atoms in total. The van der Waals surface area contributed by atoms with Crippen molar-refractivity contribution in [1.82, 2.24) is 15.4 Å². The lowest BCUT2D eigenvalue weighted by Crippen LogP contribution is -2.41. The Bertz CT molecular complexity index is 1170. The third-order valence-corrected chi connectivity index (χ3v) is 7.21. The summed E-state index contributed by atoms with van der Waals surface area (Å²) < 4.78 is 92.1. The molecule has 1 aliphatic heterocycles. The molecule has 14 heteroatoms. The van der Waals surface area contributed by atoms with Crippen molar-refractivity contribution in [3.8, 4) is 11.3 Å². The Kier molecular flexibility index (Phi) is 9.08. The number of nitrogens with zero attached hydrogens (tertiary/aromatic N) is 2. The second-order valence-electron chi connectivity index (χ2n) is 10.0. The maximum Gasteiger partial charge on any atom is 0.490 e. The number of hydrogen-bond donors (Lipinski definition) is 1. The van der Waals surface area contributed by atoms with Gasteiger partial charge in [0.25, 0.3) is 5.91 Å². The fraction of sp³-hybridized carbons (Fsp3) is 0.577. The van der Waals surface area contributed by atoms with Gasteiger partial charge < -0.3 is 19.3 Å². The summed E-state index contributed by atoms with van der Waals surface area (Å²) in [5.41, 5.74) is -0.133. The summed E-state index contributed by atoms with van der Waals surface area (Å²) in [6, 6.07) is 4.11. The number of halogens is 6. The van der Waals surface area contributed by atoms with Gasteiger partial charge in [0.1, 0.15) is 6.10 Å². The molecule has 1 aliphatic carbocycles. The molecule has 1 aromatic heterocycles. The number of aromatic nitrogens is 1. The summed E-state index contributed by atoms with van der Waals surface area (Å²) in [6.07, 6.45) is -8.11. The summed E-state index contributed by atoms with van der Waals surface area (Å²) >= 11 is 0. The predicted octanol–water partition coefficient (Wildman–Crippen LogP) is 5.12. The van der Waals surface area contributed by atoms with Gasteiger partial charge in [0.05, 0.1) is 5.56 Å². The minimum atomic E-state index is -5.07. The third-order valence-electron chi connectivity index (χ3n) is 7.21. The quantitative estimate of drug-likeness (QED) is 0.361. The molecule has 0 bridgehead atoms. The Morgan fingerprint density at radius 3 is 2.20 bits per heavy atom. The van der Waals surface area contributed by atoms with Crippen LogP contribution in [-0.2, 0) is 27.0 Å². The standard InChI is InChI=1S/C26H29F6N3O5/c1-35(18-10-12-38-13-11-18)14-20-21(34-40-22(20)15-2-4-16(5-3-15)25(27,28)29)23(36)33-17-6-8-19(9-7-17)39-24(37)26(30,31)32/h2-5,17-19H,6-14H2,1H3,(H,33,36). The maximum absolute atomic E-state index is 13.3. The van der Waals surface area contributed by atoms with Crippen molar-refractivity contribution in [3.05, 3.63) is 41.1 Å². The average Bonchev–Trinajstić information content (AvgIpc) is 3.32. The molecular formula is C26H29F6N3O5. The molecular weight excluding hydrogens is 548 g/mol. The van der Waals surface area contributed by atoms with Crippen LogP contribution in [0.3, 0.4) is 0 Å². The highest BCUT2D eigenvalue weighted by atomic mass is 19.4. The van der Waals surface area contributed by atoms with E-state index in [-0.39, 0.29) is 49.7 Å². The number of ether oxygens (including phenoxy) is 2. The first kappa shape index (κ1) is 29.8. The molecule has 1 aromatic carbocycles. The lowest BCUT2D eigenvalue weighted by molar-refractivity contribution is -0.206. The van der Waals surface area contributed by atoms with E-state index in [1.807, 2.05) is 11.9 Å². The largest absolute Gasteiger partial charge is 0.490 e. The molecule has 40 heavy (non-hydrogen) atoms. The summed E-state index contributed by atoms with van der Waals surface area (Å²) in [6.45, 7) is 1.39. The number of carbonyl (C=O) groups excluding carboxylic acids is 2. The molecule has 0 atom stereocenters. The van der Waals surface area contributed by atoms with Crippen LogP contribution in [0.4, 0.5) is 26.3 Å². The summed E-state index contributed by atoms with van der Waals surface area (Å²) in [5.74, 6) is -2.65. The minimum absolute atomic E-state index is 0.0283. The molecule has 4 rings (SSSR count). The van der Waals surface area contributed by atoms with Gasteiger partial charge in [-0.3, -0.25) is 9.69 Å². The van der Waals surface area contributed by atoms with Crippen LogP contribution < -0.4 is 5.32 Å². The van der Waals surface area contributed by atoms with Crippen LogP contribution in [0.25, 0.3) is 11.3 Å². The van der Waals surface area contributed by atoms with Gasteiger partial charge in [-0.25, -0.2) is 4.79 Å². The van der Waals surface area contributed by atoms with E-state index in [0.29, 0.717) is 24.3 Å². The van der Waals surface area contributed by atoms with E-state index in [0.717, 1.165) is 25.0 Å². The second-order valence-corrected chi connectivity index (χ2v) is 10.0. The Labute approximate surface area is 225 Å². The zero-order valence-corrected chi connectivity index (χ0v) is 21.6. The van der Waals surface area contributed by atoms with Gasteiger partial charge in [-0.05, 0) is 57.7 Å². The molecule has 1 saturated heterocycles. The molecule has 2 aliphatic rings. The van der Waals surface area contributed by atoms with Crippen molar-refractivity contribution in [3.63, 3.8) is 0 Å². The average molecular weight is 578 g/mol. The van der Waals surface area contributed by atoms with Crippen molar-refractivity contribution in [1.29, 1.82) is 0 Å². The first-order valence-electron chi connectivity index (χ1n) is 12.9. The zero-order chi connectivity index (χ0) is 29.1. The fourth-order valence-corrected chi connectivity index (χ4v) is 4.97. The molecule has 1 amide bonds. The van der Waals surface area contributed by atoms with Crippen LogP contribution in [0, 0.1) is 0 Å². The van der Waals surface area contributed by atoms with Gasteiger partial charge in [-0.15, -0.1) is 0 Å². The number of hydrogen-bond acceptors (Lipinski definition) is 7. The topological polar surface area (TPSA) is 93.9 Å². The Morgan fingerprint density at radius 1 is 1.00 bits per heavy atom. The maximum atomic E-state index is 13.3. The number of carbonyl (C=O) groups is 2. The Morgan fingerprint density at radius 2 is 1.62 bits per heavy atom. The smallest absolute Gasteiger partial charge is 0.456 e. The molecule has 2 heterocycles. The third kappa shape index (κ3) is 7.33. The number of benzene rings is 1. The van der Waals surface area contributed by atoms with Crippen LogP contribution in [0.15, 0.2) is 28.8 Å². The van der Waals surface area contributed by atoms with E-state index >= 15 is 0 Å². The molecule has 0 radical (unpaired) electrons. The molecule has 2 aromatic rings. The lowest BCUT2D eigenvalue weighted by Gasteiger charge is -2.31. The van der Waals surface area contributed by atoms with Crippen LogP contribution in [0.2, 0.25) is 0 Å². The number of amides is 1. The SMILES string of the molecule is CN(Cc1c(C(=O)NC2CCC(OC(=O)C(F)(F)F)CC2)noc1-c1ccc(C(F)(F)F)cc1)C1CCOCC1. The van der Waals surface area contributed by atoms with Crippen LogP contribution in [0.1, 0.15) is 60.1 Å². The highest BCUT2D eigenvalue weighted by molar-refractivity contribution is 5.95. The summed E-state index contributed by atoms with van der Waals surface area (Å²) in [5, 5.41) is 6.77. The number of esters is 1. The van der Waals surface area contributed by atoms with Crippen molar-refractivity contribution in [2.24, 2.45) is 0 Å². The molecule has 1 N–H and O–H groups in total. The van der Waals surface area contributed by atoms with Crippen LogP contribution in [0.5, 0.6) is 0 Å². The van der Waals surface area contributed by atoms with Gasteiger partial charge in [0, 0.05) is 43.0 Å². The summed E-state index contributed by atoms with van der Waals surface area (Å²) in [7, 11) is 1.87. The second kappa shape index (κ2) is 12.2. The van der Waals surface area contributed by atoms with Gasteiger partial charge in [0.15, 0.2) is 11.5 Å². The minimum Gasteiger partial charge on any atom is -0.456 e. The van der Waals surface area contributed by atoms with Gasteiger partial charge in [-0.1, -0.05) is 17.3 Å². The molecule has 220 valence electrons. The van der Waals surface area contributed by atoms with Gasteiger partial charge in [-0.2, -0.15) is 26.3 Å². The van der Waals surface area contributed by atoms with E-state index in [4.69, 9.17) is 9.26 Å². The number of alkyl halides is 6. The number of rotatable bonds is 7. The Balaban J connectivity index is 1.49. The number of nitrogens with one attached hydrogen (secondary N) is 1. The first-order valence-corrected chi connectivity index (χ1v) is 12.9. The van der Waals surface area contributed by atoms with Crippen LogP contribution >= 0.6 is 0 Å². The van der Waals surface area contributed by atoms with E-state index < -0.39 is 41.9 Å². The summed E-state index contributed by atoms with van der Waals surface area (Å²) in [4.78, 5) is 26.4. The normalized spacial score (nSPS) is 20.9. The van der Waals surface area contributed by atoms with Gasteiger partial charge in [0.2, 0.25) is 0 Å². The van der Waals surface area contributed by atoms with E-state index in [1.54, 1.807) is 0 Å². The highest BCUT2D eigenvalue weighted by Crippen LogP contribution is 2.34. The van der Waals surface area contributed by atoms with E-state index in [1.165, 1.54) is 12.1 Å². The lowest BCUT2D eigenvalue weighted by atomic mass is 9.92. The fourth-order valence-electron chi connectivity index (χ4n) is 4.97. The molecule has 0 spiro atoms. The van der Waals surface area contributed by atoms with Crippen molar-refractivity contribution in [2.45, 2.75) is 75.6 Å². The zero-order valence-electron chi connectivity index (χ0n) is 21.6. The molecule has 1 saturated carbocycles. The van der Waals surface area contributed by atoms with Crippen molar-refractivity contribution >= 4 is 11.9 Å².